The van der Waals surface area contributed by atoms with Gasteiger partial charge in [-0.3, -0.25) is 4.79 Å². The molecule has 0 spiro atoms. The largest absolute Gasteiger partial charge is 0.497 e. The van der Waals surface area contributed by atoms with Gasteiger partial charge in [-0.05, 0) is 86.6 Å². The first-order valence-electron chi connectivity index (χ1n) is 18.1. The number of Topliss-reactive ketones (excluding diaryl/α,β-unsaturated/α-hetero) is 1. The smallest absolute Gasteiger partial charge is 0.170 e. The number of aliphatic hydroxyl groups is 1. The number of ether oxygens (including phenoxy) is 2. The predicted molar refractivity (Wildman–Crippen MR) is 219 cm³/mol. The molecule has 272 valence electrons. The Hall–Kier alpha value is -5.64. The molecule has 5 atom stereocenters. The first-order valence-corrected chi connectivity index (χ1v) is 18.9. The molecule has 0 heterocycles. The lowest BCUT2D eigenvalue weighted by molar-refractivity contribution is -0.0727. The number of benzene rings is 7. The Morgan fingerprint density at radius 3 is 1.87 bits per heavy atom. The van der Waals surface area contributed by atoms with Crippen molar-refractivity contribution in [2.24, 2.45) is 5.92 Å². The number of halogens is 2. The van der Waals surface area contributed by atoms with E-state index in [2.05, 4.69) is 6.07 Å². The monoisotopic (exact) mass is 761 g/mol. The molecule has 0 aliphatic heterocycles. The maximum absolute atomic E-state index is 16.0. The van der Waals surface area contributed by atoms with E-state index >= 15 is 4.79 Å². The van der Waals surface area contributed by atoms with Gasteiger partial charge >= 0.3 is 0 Å². The molecule has 1 aliphatic carbocycles. The molecule has 0 bridgehead atoms. The molecule has 0 radical (unpaired) electrons. The molecule has 7 aromatic carbocycles. The average Bonchev–Trinajstić information content (AvgIpc) is 3.23. The number of hydrogen-bond acceptors (Lipinski definition) is 5. The summed E-state index contributed by atoms with van der Waals surface area (Å²) in [4.78, 5) is 16.0. The summed E-state index contributed by atoms with van der Waals surface area (Å²) in [6.45, 7) is 0. The molecule has 5 nitrogen and oxygen atoms in total. The number of nitriles is 1. The van der Waals surface area contributed by atoms with Crippen LogP contribution in [0.2, 0.25) is 10.0 Å². The Morgan fingerprint density at radius 1 is 0.691 bits per heavy atom. The average molecular weight is 763 g/mol. The highest BCUT2D eigenvalue weighted by Crippen LogP contribution is 2.65. The second-order valence-corrected chi connectivity index (χ2v) is 15.0. The summed E-state index contributed by atoms with van der Waals surface area (Å²) in [7, 11) is 3.20. The van der Waals surface area contributed by atoms with Crippen molar-refractivity contribution in [2.45, 2.75) is 29.3 Å². The molecule has 1 fully saturated rings. The van der Waals surface area contributed by atoms with E-state index in [4.69, 9.17) is 32.7 Å². The van der Waals surface area contributed by atoms with Gasteiger partial charge in [0.1, 0.15) is 17.1 Å². The van der Waals surface area contributed by atoms with Gasteiger partial charge in [0.2, 0.25) is 0 Å². The van der Waals surface area contributed by atoms with Crippen LogP contribution in [0.4, 0.5) is 0 Å². The number of carbonyl (C=O) groups is 1. The van der Waals surface area contributed by atoms with Gasteiger partial charge in [0.25, 0.3) is 0 Å². The minimum Gasteiger partial charge on any atom is -0.497 e. The number of methoxy groups -OCH3 is 2. The summed E-state index contributed by atoms with van der Waals surface area (Å²) in [6, 6.07) is 50.3. The van der Waals surface area contributed by atoms with Crippen molar-refractivity contribution >= 4 is 50.5 Å². The maximum Gasteiger partial charge on any atom is 0.170 e. The molecule has 0 amide bonds. The molecule has 1 aliphatic rings. The van der Waals surface area contributed by atoms with Crippen molar-refractivity contribution in [3.8, 4) is 17.6 Å². The van der Waals surface area contributed by atoms with Gasteiger partial charge in [0, 0.05) is 17.4 Å². The minimum absolute atomic E-state index is 0.0228. The van der Waals surface area contributed by atoms with Crippen molar-refractivity contribution in [1.29, 1.82) is 5.26 Å². The lowest BCUT2D eigenvalue weighted by Gasteiger charge is -2.56. The molecule has 7 aromatic rings. The zero-order valence-corrected chi connectivity index (χ0v) is 31.8. The molecule has 7 heteroatoms. The molecule has 8 rings (SSSR count). The Bertz CT molecular complexity index is 2590. The van der Waals surface area contributed by atoms with Crippen molar-refractivity contribution in [3.05, 3.63) is 190 Å². The third kappa shape index (κ3) is 6.02. The van der Waals surface area contributed by atoms with Gasteiger partial charge in [0.15, 0.2) is 5.78 Å². The normalized spacial score (nSPS) is 22.2. The fourth-order valence-electron chi connectivity index (χ4n) is 9.04. The number of rotatable bonds is 8. The van der Waals surface area contributed by atoms with Gasteiger partial charge in [0.05, 0.1) is 41.7 Å². The maximum atomic E-state index is 16.0. The third-order valence-electron chi connectivity index (χ3n) is 11.6. The molecule has 0 aromatic heterocycles. The Labute approximate surface area is 330 Å². The fraction of sp³-hybridized carbons (Fsp3) is 0.167. The summed E-state index contributed by atoms with van der Waals surface area (Å²) in [5.74, 6) is -1.80. The van der Waals surface area contributed by atoms with Gasteiger partial charge < -0.3 is 14.6 Å². The standard InChI is InChI=1S/C48H37Cl2NO4/c1-54-35-22-17-32(18-23-35)41-28-48(53,40-16-8-12-31-10-4-6-14-38(31)40)45(46(52)39-15-7-11-30-9-3-5-13-37(30)39)44(33-19-24-36(55-2)25-20-33)47(41,29-51)34-21-26-42(49)43(50)27-34/h3-27,41,44-45,53H,28H2,1-2H3. The van der Waals surface area contributed by atoms with Gasteiger partial charge in [-0.25, -0.2) is 0 Å². The van der Waals surface area contributed by atoms with E-state index in [1.54, 1.807) is 26.4 Å². The van der Waals surface area contributed by atoms with Crippen molar-refractivity contribution in [3.63, 3.8) is 0 Å². The molecule has 1 N–H and O–H groups in total. The number of carbonyl (C=O) groups excluding carboxylic acids is 1. The Balaban J connectivity index is 1.53. The highest BCUT2D eigenvalue weighted by atomic mass is 35.5. The highest BCUT2D eigenvalue weighted by molar-refractivity contribution is 6.42. The zero-order chi connectivity index (χ0) is 38.3. The summed E-state index contributed by atoms with van der Waals surface area (Å²) in [5, 5.41) is 30.0. The van der Waals surface area contributed by atoms with E-state index in [9.17, 15) is 10.4 Å². The van der Waals surface area contributed by atoms with E-state index in [-0.39, 0.29) is 17.2 Å². The Morgan fingerprint density at radius 2 is 1.25 bits per heavy atom. The van der Waals surface area contributed by atoms with Crippen LogP contribution in [0.25, 0.3) is 21.5 Å². The first-order chi connectivity index (χ1) is 26.7. The van der Waals surface area contributed by atoms with Crippen LogP contribution in [0.3, 0.4) is 0 Å². The number of fused-ring (bicyclic) bond motifs is 2. The lowest BCUT2D eigenvalue weighted by atomic mass is 9.45. The molecule has 0 saturated heterocycles. The minimum atomic E-state index is -1.80. The third-order valence-corrected chi connectivity index (χ3v) is 12.3. The fourth-order valence-corrected chi connectivity index (χ4v) is 9.34. The van der Waals surface area contributed by atoms with E-state index in [1.807, 2.05) is 140 Å². The van der Waals surface area contributed by atoms with Crippen LogP contribution in [0.5, 0.6) is 11.5 Å². The number of nitrogens with zero attached hydrogens (tertiary/aromatic N) is 1. The first kappa shape index (κ1) is 36.3. The topological polar surface area (TPSA) is 79.6 Å². The van der Waals surface area contributed by atoms with E-state index < -0.39 is 28.8 Å². The van der Waals surface area contributed by atoms with Crippen molar-refractivity contribution in [1.82, 2.24) is 0 Å². The van der Waals surface area contributed by atoms with Crippen LogP contribution in [0.15, 0.2) is 152 Å². The molecule has 55 heavy (non-hydrogen) atoms. The molecular formula is C48H37Cl2NO4. The highest BCUT2D eigenvalue weighted by Gasteiger charge is 2.65. The summed E-state index contributed by atoms with van der Waals surface area (Å²) < 4.78 is 11.1. The van der Waals surface area contributed by atoms with Gasteiger partial charge in [-0.2, -0.15) is 5.26 Å². The second-order valence-electron chi connectivity index (χ2n) is 14.2. The van der Waals surface area contributed by atoms with Gasteiger partial charge in [-0.1, -0.05) is 138 Å². The number of ketones is 1. The summed E-state index contributed by atoms with van der Waals surface area (Å²) in [5.41, 5.74) is -0.141. The SMILES string of the molecule is COc1ccc(C2CC(O)(c3cccc4ccccc34)C(C(=O)c3cccc4ccccc34)C(c3ccc(OC)cc3)C2(C#N)c2ccc(Cl)c(Cl)c2)cc1. The van der Waals surface area contributed by atoms with Crippen LogP contribution >= 0.6 is 23.2 Å². The molecule has 1 saturated carbocycles. The number of hydrogen-bond donors (Lipinski definition) is 1. The van der Waals surface area contributed by atoms with E-state index in [1.165, 1.54) is 0 Å². The summed E-state index contributed by atoms with van der Waals surface area (Å²) >= 11 is 13.3. The lowest BCUT2D eigenvalue weighted by Crippen LogP contribution is -2.58. The second kappa shape index (κ2) is 14.5. The van der Waals surface area contributed by atoms with Crippen molar-refractivity contribution in [2.75, 3.05) is 14.2 Å². The molecular weight excluding hydrogens is 725 g/mol. The van der Waals surface area contributed by atoms with Gasteiger partial charge in [-0.15, -0.1) is 0 Å². The van der Waals surface area contributed by atoms with Crippen LogP contribution in [-0.4, -0.2) is 25.1 Å². The zero-order valence-electron chi connectivity index (χ0n) is 30.2. The quantitative estimate of drug-likeness (QED) is 0.156. The molecule has 5 unspecified atom stereocenters. The van der Waals surface area contributed by atoms with E-state index in [0.29, 0.717) is 38.8 Å². The van der Waals surface area contributed by atoms with Crippen LogP contribution in [-0.2, 0) is 11.0 Å². The van der Waals surface area contributed by atoms with Crippen molar-refractivity contribution < 1.29 is 19.4 Å². The van der Waals surface area contributed by atoms with E-state index in [0.717, 1.165) is 27.1 Å². The van der Waals surface area contributed by atoms with Crippen LogP contribution in [0.1, 0.15) is 50.9 Å². The predicted octanol–water partition coefficient (Wildman–Crippen LogP) is 11.4. The van der Waals surface area contributed by atoms with Crippen LogP contribution < -0.4 is 9.47 Å². The summed E-state index contributed by atoms with van der Waals surface area (Å²) in [6.07, 6.45) is 0.0228. The Kier molecular flexibility index (Phi) is 9.61. The van der Waals surface area contributed by atoms with Crippen LogP contribution in [0, 0.1) is 17.2 Å².